The van der Waals surface area contributed by atoms with E-state index in [1.807, 2.05) is 0 Å². The summed E-state index contributed by atoms with van der Waals surface area (Å²) >= 11 is 0. The van der Waals surface area contributed by atoms with Crippen LogP contribution >= 0.6 is 0 Å². The maximum atomic E-state index is 12.9. The van der Waals surface area contributed by atoms with Crippen molar-refractivity contribution in [3.05, 3.63) is 0 Å². The van der Waals surface area contributed by atoms with E-state index in [9.17, 15) is 9.59 Å². The van der Waals surface area contributed by atoms with Crippen LogP contribution in [0.5, 0.6) is 0 Å². The Morgan fingerprint density at radius 3 is 0.960 bits per heavy atom. The molecule has 0 aliphatic rings. The summed E-state index contributed by atoms with van der Waals surface area (Å²) in [5, 5.41) is 3.59. The molecule has 0 aromatic carbocycles. The van der Waals surface area contributed by atoms with Crippen LogP contribution in [0.2, 0.25) is 0 Å². The van der Waals surface area contributed by atoms with Crippen molar-refractivity contribution in [1.29, 1.82) is 0 Å². The highest BCUT2D eigenvalue weighted by Crippen LogP contribution is 2.22. The number of unbranched alkanes of at least 4 members (excludes halogenated alkanes) is 23. The molecule has 0 bridgehead atoms. The fraction of sp³-hybridized carbons (Fsp3) is 0.956. The molecule has 1 N–H and O–H groups in total. The van der Waals surface area contributed by atoms with Crippen LogP contribution in [-0.4, -0.2) is 38.2 Å². The number of carbonyl (C=O) groups is 2. The molecule has 0 spiro atoms. The number of rotatable bonds is 41. The largest absolute Gasteiger partial charge is 0.465 e. The molecule has 50 heavy (non-hydrogen) atoms. The Balaban J connectivity index is 3.89. The Hall–Kier alpha value is -1.10. The molecule has 0 fully saturated rings. The molecule has 0 amide bonds. The third-order valence-electron chi connectivity index (χ3n) is 10.5. The molecule has 0 aliphatic heterocycles. The minimum Gasteiger partial charge on any atom is -0.465 e. The van der Waals surface area contributed by atoms with Crippen LogP contribution in [0.1, 0.15) is 240 Å². The minimum atomic E-state index is 0.0655. The predicted molar refractivity (Wildman–Crippen MR) is 217 cm³/mol. The van der Waals surface area contributed by atoms with Gasteiger partial charge in [-0.3, -0.25) is 9.59 Å². The monoisotopic (exact) mass is 708 g/mol. The molecule has 2 atom stereocenters. The molecule has 5 nitrogen and oxygen atoms in total. The lowest BCUT2D eigenvalue weighted by Crippen LogP contribution is -2.19. The molecule has 0 aromatic heterocycles. The van der Waals surface area contributed by atoms with E-state index in [-0.39, 0.29) is 23.8 Å². The highest BCUT2D eigenvalue weighted by molar-refractivity contribution is 5.72. The van der Waals surface area contributed by atoms with Gasteiger partial charge in [0.25, 0.3) is 0 Å². The van der Waals surface area contributed by atoms with Crippen LogP contribution < -0.4 is 5.32 Å². The summed E-state index contributed by atoms with van der Waals surface area (Å²) in [5.41, 5.74) is 0. The van der Waals surface area contributed by atoms with E-state index in [2.05, 4.69) is 33.0 Å². The number of hydrogen-bond donors (Lipinski definition) is 1. The van der Waals surface area contributed by atoms with Gasteiger partial charge in [0.2, 0.25) is 0 Å². The normalized spacial score (nSPS) is 12.6. The zero-order chi connectivity index (χ0) is 36.6. The summed E-state index contributed by atoms with van der Waals surface area (Å²) in [4.78, 5) is 25.7. The standard InChI is InChI=1S/C45H89NO4/c1-5-9-13-17-19-21-29-37-43(35-27-16-12-8-4)45(48)50-41-33-25-23-31-39-46-38-30-22-24-32-40-49-44(47)42(34-26-15-11-7-3)36-28-20-18-14-10-6-2/h42-43,46H,5-41H2,1-4H3. The van der Waals surface area contributed by atoms with Gasteiger partial charge in [-0.1, -0.05) is 188 Å². The molecule has 0 rings (SSSR count). The Morgan fingerprint density at radius 1 is 0.360 bits per heavy atom. The van der Waals surface area contributed by atoms with Gasteiger partial charge < -0.3 is 14.8 Å². The highest BCUT2D eigenvalue weighted by Gasteiger charge is 2.20. The minimum absolute atomic E-state index is 0.0655. The predicted octanol–water partition coefficient (Wildman–Crippen LogP) is 13.8. The van der Waals surface area contributed by atoms with Gasteiger partial charge in [0.05, 0.1) is 25.0 Å². The van der Waals surface area contributed by atoms with Crippen molar-refractivity contribution in [3.63, 3.8) is 0 Å². The molecule has 0 heterocycles. The summed E-state index contributed by atoms with van der Waals surface area (Å²) in [5.74, 6) is 0.353. The highest BCUT2D eigenvalue weighted by atomic mass is 16.5. The van der Waals surface area contributed by atoms with Crippen LogP contribution in [0.15, 0.2) is 0 Å². The van der Waals surface area contributed by atoms with Gasteiger partial charge in [-0.15, -0.1) is 0 Å². The molecular formula is C45H89NO4. The van der Waals surface area contributed by atoms with E-state index in [4.69, 9.17) is 9.47 Å². The quantitative estimate of drug-likeness (QED) is 0.0506. The first-order valence-corrected chi connectivity index (χ1v) is 22.6. The molecule has 0 saturated carbocycles. The van der Waals surface area contributed by atoms with Gasteiger partial charge in [-0.25, -0.2) is 0 Å². The Kier molecular flexibility index (Phi) is 39.8. The SMILES string of the molecule is CCCCCCCCCC(CCCCCC)C(=O)OCCCCCCNCCCCCCOC(=O)C(CCCCCC)CCCCCCCC. The molecule has 5 heteroatoms. The first-order valence-electron chi connectivity index (χ1n) is 22.6. The first kappa shape index (κ1) is 48.9. The molecule has 298 valence electrons. The van der Waals surface area contributed by atoms with E-state index in [0.29, 0.717) is 13.2 Å². The number of carbonyl (C=O) groups excluding carboxylic acids is 2. The maximum Gasteiger partial charge on any atom is 0.308 e. The summed E-state index contributed by atoms with van der Waals surface area (Å²) < 4.78 is 11.5. The maximum absolute atomic E-state index is 12.9. The lowest BCUT2D eigenvalue weighted by molar-refractivity contribution is -0.150. The van der Waals surface area contributed by atoms with Crippen LogP contribution in [0, 0.1) is 11.8 Å². The van der Waals surface area contributed by atoms with E-state index >= 15 is 0 Å². The fourth-order valence-corrected chi connectivity index (χ4v) is 7.03. The van der Waals surface area contributed by atoms with E-state index in [1.165, 1.54) is 148 Å². The summed E-state index contributed by atoms with van der Waals surface area (Å²) in [7, 11) is 0. The van der Waals surface area contributed by atoms with Crippen molar-refractivity contribution < 1.29 is 19.1 Å². The number of esters is 2. The Labute approximate surface area is 313 Å². The van der Waals surface area contributed by atoms with Crippen molar-refractivity contribution in [2.45, 2.75) is 240 Å². The molecule has 0 aromatic rings. The number of nitrogens with one attached hydrogen (secondary N) is 1. The summed E-state index contributed by atoms with van der Waals surface area (Å²) in [6, 6.07) is 0. The molecular weight excluding hydrogens is 618 g/mol. The number of hydrogen-bond acceptors (Lipinski definition) is 5. The van der Waals surface area contributed by atoms with E-state index < -0.39 is 0 Å². The Bertz CT molecular complexity index is 699. The van der Waals surface area contributed by atoms with E-state index in [1.54, 1.807) is 0 Å². The van der Waals surface area contributed by atoms with Crippen LogP contribution in [0.4, 0.5) is 0 Å². The van der Waals surface area contributed by atoms with Crippen molar-refractivity contribution in [1.82, 2.24) is 5.32 Å². The van der Waals surface area contributed by atoms with Crippen LogP contribution in [0.25, 0.3) is 0 Å². The van der Waals surface area contributed by atoms with Gasteiger partial charge in [0.15, 0.2) is 0 Å². The lowest BCUT2D eigenvalue weighted by atomic mass is 9.94. The lowest BCUT2D eigenvalue weighted by Gasteiger charge is -2.16. The molecule has 2 unspecified atom stereocenters. The fourth-order valence-electron chi connectivity index (χ4n) is 7.03. The second-order valence-electron chi connectivity index (χ2n) is 15.5. The molecule has 0 aliphatic carbocycles. The average Bonchev–Trinajstić information content (AvgIpc) is 3.12. The number of ether oxygens (including phenoxy) is 2. The van der Waals surface area contributed by atoms with Gasteiger partial charge in [0.1, 0.15) is 0 Å². The van der Waals surface area contributed by atoms with Crippen molar-refractivity contribution in [2.75, 3.05) is 26.3 Å². The van der Waals surface area contributed by atoms with Crippen LogP contribution in [0.3, 0.4) is 0 Å². The third kappa shape index (κ3) is 34.0. The zero-order valence-electron chi connectivity index (χ0n) is 34.5. The van der Waals surface area contributed by atoms with Crippen molar-refractivity contribution in [2.24, 2.45) is 11.8 Å². The zero-order valence-corrected chi connectivity index (χ0v) is 34.5. The molecule has 0 saturated heterocycles. The average molecular weight is 708 g/mol. The van der Waals surface area contributed by atoms with Crippen molar-refractivity contribution in [3.8, 4) is 0 Å². The van der Waals surface area contributed by atoms with Crippen molar-refractivity contribution >= 4 is 11.9 Å². The van der Waals surface area contributed by atoms with Gasteiger partial charge >= 0.3 is 11.9 Å². The van der Waals surface area contributed by atoms with Gasteiger partial charge in [-0.2, -0.15) is 0 Å². The topological polar surface area (TPSA) is 64.6 Å². The van der Waals surface area contributed by atoms with Crippen LogP contribution in [-0.2, 0) is 19.1 Å². The van der Waals surface area contributed by atoms with E-state index in [0.717, 1.165) is 77.3 Å². The van der Waals surface area contributed by atoms with Gasteiger partial charge in [0, 0.05) is 0 Å². The third-order valence-corrected chi connectivity index (χ3v) is 10.5. The smallest absolute Gasteiger partial charge is 0.308 e. The first-order chi connectivity index (χ1) is 24.6. The van der Waals surface area contributed by atoms with Gasteiger partial charge in [-0.05, 0) is 64.5 Å². The summed E-state index contributed by atoms with van der Waals surface area (Å²) in [6.45, 7) is 12.3. The Morgan fingerprint density at radius 2 is 0.620 bits per heavy atom. The molecule has 0 radical (unpaired) electrons. The second kappa shape index (κ2) is 40.7. The summed E-state index contributed by atoms with van der Waals surface area (Å²) in [6.07, 6.45) is 39.5. The second-order valence-corrected chi connectivity index (χ2v) is 15.5.